The number of amides is 1. The lowest BCUT2D eigenvalue weighted by molar-refractivity contribution is -0.118. The van der Waals surface area contributed by atoms with Crippen molar-refractivity contribution in [3.8, 4) is 11.6 Å². The zero-order valence-corrected chi connectivity index (χ0v) is 18.6. The van der Waals surface area contributed by atoms with Crippen molar-refractivity contribution in [3.05, 3.63) is 58.6 Å². The number of hydrogen-bond acceptors (Lipinski definition) is 6. The summed E-state index contributed by atoms with van der Waals surface area (Å²) in [5.74, 6) is -1.52. The number of nitrogens with zero attached hydrogens (tertiary/aromatic N) is 4. The molecule has 0 atom stereocenters. The summed E-state index contributed by atoms with van der Waals surface area (Å²) < 4.78 is 36.7. The highest BCUT2D eigenvalue weighted by molar-refractivity contribution is 7.71. The highest BCUT2D eigenvalue weighted by Crippen LogP contribution is 2.25. The van der Waals surface area contributed by atoms with Crippen LogP contribution in [-0.2, 0) is 18.0 Å². The Morgan fingerprint density at radius 2 is 1.97 bits per heavy atom. The van der Waals surface area contributed by atoms with Crippen LogP contribution in [0.1, 0.15) is 29.6 Å². The molecule has 0 saturated carbocycles. The Bertz CT molecular complexity index is 1210. The van der Waals surface area contributed by atoms with Gasteiger partial charge in [0, 0.05) is 32.0 Å². The van der Waals surface area contributed by atoms with E-state index in [2.05, 4.69) is 10.00 Å². The maximum atomic E-state index is 14.0. The van der Waals surface area contributed by atoms with E-state index >= 15 is 0 Å². The van der Waals surface area contributed by atoms with Gasteiger partial charge in [-0.15, -0.1) is 5.10 Å². The summed E-state index contributed by atoms with van der Waals surface area (Å²) in [6.45, 7) is 1.80. The van der Waals surface area contributed by atoms with Gasteiger partial charge < -0.3 is 10.2 Å². The first-order valence-electron chi connectivity index (χ1n) is 10.5. The predicted octanol–water partition coefficient (Wildman–Crippen LogP) is 3.38. The fourth-order valence-corrected chi connectivity index (χ4v) is 4.25. The van der Waals surface area contributed by atoms with Crippen molar-refractivity contribution in [2.75, 3.05) is 13.1 Å². The molecule has 0 radical (unpaired) electrons. The lowest BCUT2D eigenvalue weighted by Gasteiger charge is -2.31. The molecule has 3 aromatic rings. The highest BCUT2D eigenvalue weighted by atomic mass is 32.1. The molecule has 8 nitrogen and oxygen atoms in total. The van der Waals surface area contributed by atoms with Gasteiger partial charge in [0.2, 0.25) is 5.91 Å². The number of halogens is 2. The minimum Gasteiger partial charge on any atom is -0.461 e. The molecule has 0 bridgehead atoms. The molecule has 1 aliphatic rings. The van der Waals surface area contributed by atoms with E-state index in [1.807, 2.05) is 0 Å². The van der Waals surface area contributed by atoms with E-state index in [-0.39, 0.29) is 30.2 Å². The van der Waals surface area contributed by atoms with E-state index in [1.165, 1.54) is 6.26 Å². The molecule has 174 valence electrons. The van der Waals surface area contributed by atoms with Gasteiger partial charge in [0.1, 0.15) is 11.6 Å². The predicted molar refractivity (Wildman–Crippen MR) is 118 cm³/mol. The summed E-state index contributed by atoms with van der Waals surface area (Å²) in [4.78, 5) is 26.0. The number of carbonyl (C=O) groups is 2. The van der Waals surface area contributed by atoms with Crippen LogP contribution in [0, 0.1) is 22.3 Å². The molecule has 2 N–H and O–H groups in total. The van der Waals surface area contributed by atoms with Gasteiger partial charge in [-0.2, -0.15) is 0 Å². The van der Waals surface area contributed by atoms with Gasteiger partial charge in [0.15, 0.2) is 22.1 Å². The monoisotopic (exact) mass is 475 g/mol. The number of benzene rings is 1. The van der Waals surface area contributed by atoms with Crippen molar-refractivity contribution in [2.45, 2.75) is 32.5 Å². The van der Waals surface area contributed by atoms with Gasteiger partial charge in [0.05, 0.1) is 18.5 Å². The van der Waals surface area contributed by atoms with Gasteiger partial charge in [-0.1, -0.05) is 0 Å². The third kappa shape index (κ3) is 5.09. The molecular formula is C22H23F2N5O3S. The van der Waals surface area contributed by atoms with Crippen LogP contribution in [-0.4, -0.2) is 44.0 Å². The van der Waals surface area contributed by atoms with Crippen LogP contribution in [0.3, 0.4) is 0 Å². The number of likely N-dealkylation sites (tertiary alicyclic amines) is 1. The normalized spacial score (nSPS) is 15.1. The minimum atomic E-state index is -0.706. The average Bonchev–Trinajstić information content (AvgIpc) is 3.43. The minimum absolute atomic E-state index is 0.109. The Kier molecular flexibility index (Phi) is 6.80. The van der Waals surface area contributed by atoms with E-state index in [4.69, 9.17) is 22.4 Å². The van der Waals surface area contributed by atoms with Gasteiger partial charge >= 0.3 is 0 Å². The number of nitrogens with two attached hydrogens (primary N) is 1. The quantitative estimate of drug-likeness (QED) is 0.396. The number of primary amides is 1. The van der Waals surface area contributed by atoms with Crippen LogP contribution < -0.4 is 5.73 Å². The van der Waals surface area contributed by atoms with Crippen molar-refractivity contribution >= 4 is 23.9 Å². The SMILES string of the molecule is NC(=O)CCn1c(-c2ccco2)nn(CN2CCC(C(=O)c3cc(F)ccc3F)CC2)c1=S. The molecular weight excluding hydrogens is 452 g/mol. The molecule has 1 aromatic carbocycles. The summed E-state index contributed by atoms with van der Waals surface area (Å²) in [6.07, 6.45) is 2.65. The van der Waals surface area contributed by atoms with Crippen molar-refractivity contribution < 1.29 is 22.8 Å². The Morgan fingerprint density at radius 1 is 1.21 bits per heavy atom. The molecule has 1 aliphatic heterocycles. The Hall–Kier alpha value is -3.18. The van der Waals surface area contributed by atoms with Crippen molar-refractivity contribution in [1.29, 1.82) is 0 Å². The molecule has 4 rings (SSSR count). The van der Waals surface area contributed by atoms with Crippen LogP contribution in [0.5, 0.6) is 0 Å². The van der Waals surface area contributed by atoms with Gasteiger partial charge in [-0.3, -0.25) is 19.1 Å². The van der Waals surface area contributed by atoms with Crippen molar-refractivity contribution in [3.63, 3.8) is 0 Å². The molecule has 33 heavy (non-hydrogen) atoms. The standard InChI is InChI=1S/C22H23F2N5O3S/c23-15-3-4-17(24)16(12-15)20(31)14-5-8-27(9-6-14)13-29-22(33)28(10-7-19(25)30)21(26-29)18-2-1-11-32-18/h1-4,11-12,14H,5-10,13H2,(H2,25,30). The third-order valence-corrected chi connectivity index (χ3v) is 6.16. The number of aromatic nitrogens is 3. The fourth-order valence-electron chi connectivity index (χ4n) is 3.98. The van der Waals surface area contributed by atoms with E-state index < -0.39 is 17.5 Å². The van der Waals surface area contributed by atoms with Crippen molar-refractivity contribution in [1.82, 2.24) is 19.2 Å². The van der Waals surface area contributed by atoms with E-state index in [9.17, 15) is 18.4 Å². The first-order chi connectivity index (χ1) is 15.8. The third-order valence-electron chi connectivity index (χ3n) is 5.73. The number of ketones is 1. The number of furan rings is 1. The molecule has 0 spiro atoms. The van der Waals surface area contributed by atoms with Gasteiger partial charge in [0.25, 0.3) is 0 Å². The number of carbonyl (C=O) groups excluding carboxylic acids is 2. The fraction of sp³-hybridized carbons (Fsp3) is 0.364. The van der Waals surface area contributed by atoms with Gasteiger partial charge in [-0.25, -0.2) is 13.5 Å². The average molecular weight is 476 g/mol. The molecule has 3 heterocycles. The largest absolute Gasteiger partial charge is 0.461 e. The zero-order valence-electron chi connectivity index (χ0n) is 17.7. The number of hydrogen-bond donors (Lipinski definition) is 1. The smallest absolute Gasteiger partial charge is 0.219 e. The second-order valence-electron chi connectivity index (χ2n) is 7.97. The van der Waals surface area contributed by atoms with E-state index in [0.29, 0.717) is 49.0 Å². The molecule has 1 amide bonds. The summed E-state index contributed by atoms with van der Waals surface area (Å²) in [6, 6.07) is 6.42. The molecule has 1 fully saturated rings. The first kappa shape index (κ1) is 23.0. The molecule has 0 unspecified atom stereocenters. The lowest BCUT2D eigenvalue weighted by atomic mass is 9.89. The van der Waals surface area contributed by atoms with Crippen LogP contribution in [0.2, 0.25) is 0 Å². The summed E-state index contributed by atoms with van der Waals surface area (Å²) in [5.41, 5.74) is 5.09. The number of Topliss-reactive ketones (excluding diaryl/α,β-unsaturated/α-hetero) is 1. The number of piperidine rings is 1. The number of rotatable bonds is 8. The lowest BCUT2D eigenvalue weighted by Crippen LogP contribution is -2.38. The van der Waals surface area contributed by atoms with Crippen LogP contribution in [0.25, 0.3) is 11.6 Å². The van der Waals surface area contributed by atoms with E-state index in [0.717, 1.165) is 18.2 Å². The summed E-state index contributed by atoms with van der Waals surface area (Å²) in [7, 11) is 0. The summed E-state index contributed by atoms with van der Waals surface area (Å²) >= 11 is 5.57. The Balaban J connectivity index is 1.45. The summed E-state index contributed by atoms with van der Waals surface area (Å²) in [5, 5.41) is 4.58. The molecule has 0 aliphatic carbocycles. The Morgan fingerprint density at radius 3 is 2.64 bits per heavy atom. The topological polar surface area (TPSA) is 99.3 Å². The molecule has 1 saturated heterocycles. The van der Waals surface area contributed by atoms with Crippen LogP contribution in [0.15, 0.2) is 41.0 Å². The maximum Gasteiger partial charge on any atom is 0.219 e. The van der Waals surface area contributed by atoms with Crippen LogP contribution >= 0.6 is 12.2 Å². The Labute approximate surface area is 193 Å². The van der Waals surface area contributed by atoms with Crippen LogP contribution in [0.4, 0.5) is 8.78 Å². The van der Waals surface area contributed by atoms with Gasteiger partial charge in [-0.05, 0) is 55.4 Å². The second-order valence-corrected chi connectivity index (χ2v) is 8.34. The molecule has 2 aromatic heterocycles. The zero-order chi connectivity index (χ0) is 23.5. The maximum absolute atomic E-state index is 14.0. The first-order valence-corrected chi connectivity index (χ1v) is 11.0. The second kappa shape index (κ2) is 9.75. The van der Waals surface area contributed by atoms with Crippen molar-refractivity contribution in [2.24, 2.45) is 11.7 Å². The van der Waals surface area contributed by atoms with E-state index in [1.54, 1.807) is 21.4 Å². The highest BCUT2D eigenvalue weighted by Gasteiger charge is 2.28. The molecule has 11 heteroatoms.